The van der Waals surface area contributed by atoms with Gasteiger partial charge in [0.2, 0.25) is 0 Å². The molecule has 0 aromatic heterocycles. The van der Waals surface area contributed by atoms with Crippen molar-refractivity contribution in [2.75, 3.05) is 5.32 Å². The summed E-state index contributed by atoms with van der Waals surface area (Å²) in [6, 6.07) is 32.4. The molecule has 0 bridgehead atoms. The summed E-state index contributed by atoms with van der Waals surface area (Å²) in [4.78, 5) is 0. The molecule has 0 amide bonds. The van der Waals surface area contributed by atoms with Gasteiger partial charge in [-0.05, 0) is 34.4 Å². The van der Waals surface area contributed by atoms with Crippen LogP contribution in [0.1, 0.15) is 6.85 Å². The number of benzene rings is 5. The fourth-order valence-corrected chi connectivity index (χ4v) is 3.66. The van der Waals surface area contributed by atoms with Gasteiger partial charge in [-0.3, -0.25) is 0 Å². The maximum Gasteiger partial charge on any atom is 0.0629 e. The fraction of sp³-hybridized carbons (Fsp3) is 0. The van der Waals surface area contributed by atoms with Gasteiger partial charge in [0.15, 0.2) is 0 Å². The van der Waals surface area contributed by atoms with Crippen LogP contribution in [-0.4, -0.2) is 0 Å². The second-order valence-corrected chi connectivity index (χ2v) is 7.16. The quantitative estimate of drug-likeness (QED) is 0.311. The highest BCUT2D eigenvalue weighted by molar-refractivity contribution is 5.92. The van der Waals surface area contributed by atoms with Gasteiger partial charge in [-0.2, -0.15) is 0 Å². The van der Waals surface area contributed by atoms with Crippen LogP contribution in [0.2, 0.25) is 0 Å². The molecule has 148 valence electrons. The van der Waals surface area contributed by atoms with Gasteiger partial charge >= 0.3 is 0 Å². The Labute approximate surface area is 190 Å². The van der Waals surface area contributed by atoms with Crippen molar-refractivity contribution in [3.05, 3.63) is 133 Å². The molecule has 0 aliphatic heterocycles. The molecule has 0 aliphatic rings. The van der Waals surface area contributed by atoms with Crippen LogP contribution in [0.5, 0.6) is 0 Å². The van der Waals surface area contributed by atoms with Crippen LogP contribution in [0.4, 0.5) is 11.4 Å². The third kappa shape index (κ3) is 4.12. The lowest BCUT2D eigenvalue weighted by Crippen LogP contribution is -1.97. The molecule has 5 rings (SSSR count). The van der Waals surface area contributed by atoms with E-state index >= 15 is 0 Å². The summed E-state index contributed by atoms with van der Waals surface area (Å²) in [6.45, 7) is 0. The smallest absolute Gasteiger partial charge is 0.0629 e. The predicted octanol–water partition coefficient (Wildman–Crippen LogP) is 8.43. The summed E-state index contributed by atoms with van der Waals surface area (Å²) in [6.07, 6.45) is 0. The maximum atomic E-state index is 8.26. The average molecular weight is 403 g/mol. The Balaban J connectivity index is 1.58. The van der Waals surface area contributed by atoms with Crippen molar-refractivity contribution in [1.82, 2.24) is 0 Å². The second-order valence-electron chi connectivity index (χ2n) is 7.16. The molecule has 1 heteroatoms. The third-order valence-electron chi connectivity index (χ3n) is 5.18. The van der Waals surface area contributed by atoms with Crippen molar-refractivity contribution in [1.29, 1.82) is 0 Å². The molecule has 0 radical (unpaired) electrons. The maximum absolute atomic E-state index is 8.26. The van der Waals surface area contributed by atoms with Crippen LogP contribution in [0.25, 0.3) is 33.4 Å². The molecule has 0 atom stereocenters. The molecule has 0 spiro atoms. The van der Waals surface area contributed by atoms with E-state index < -0.39 is 6.04 Å². The van der Waals surface area contributed by atoms with Crippen LogP contribution in [0.3, 0.4) is 0 Å². The predicted molar refractivity (Wildman–Crippen MR) is 132 cm³/mol. The standard InChI is InChI=1S/C30H23N/c1-4-11-23(12-5-1)24-19-21-27(22-20-24)31-30-28(25-13-6-2-7-14-25)17-10-18-29(30)26-15-8-3-9-16-26/h1-22,31H/i1D,4D,5D,11D,12D. The van der Waals surface area contributed by atoms with E-state index in [1.807, 2.05) is 48.5 Å². The van der Waals surface area contributed by atoms with Crippen LogP contribution >= 0.6 is 0 Å². The number of anilines is 2. The monoisotopic (exact) mass is 402 g/mol. The number of nitrogens with one attached hydrogen (secondary N) is 1. The van der Waals surface area contributed by atoms with Crippen molar-refractivity contribution in [3.63, 3.8) is 0 Å². The number of para-hydroxylation sites is 1. The minimum Gasteiger partial charge on any atom is -0.355 e. The van der Waals surface area contributed by atoms with E-state index in [4.69, 9.17) is 6.85 Å². The summed E-state index contributed by atoms with van der Waals surface area (Å²) in [7, 11) is 0. The molecule has 31 heavy (non-hydrogen) atoms. The van der Waals surface area contributed by atoms with Crippen molar-refractivity contribution in [2.24, 2.45) is 0 Å². The third-order valence-corrected chi connectivity index (χ3v) is 5.18. The molecular weight excluding hydrogens is 374 g/mol. The first-order chi connectivity index (χ1) is 17.5. The Hall–Kier alpha value is -4.10. The highest BCUT2D eigenvalue weighted by atomic mass is 14.9. The molecular formula is C30H23N. The van der Waals surface area contributed by atoms with Crippen molar-refractivity contribution < 1.29 is 6.85 Å². The molecule has 1 N–H and O–H groups in total. The van der Waals surface area contributed by atoms with Gasteiger partial charge in [0, 0.05) is 16.8 Å². The van der Waals surface area contributed by atoms with Crippen molar-refractivity contribution in [2.45, 2.75) is 0 Å². The zero-order chi connectivity index (χ0) is 25.2. The number of hydrogen-bond acceptors (Lipinski definition) is 1. The molecule has 0 fully saturated rings. The van der Waals surface area contributed by atoms with Crippen LogP contribution < -0.4 is 5.32 Å². The largest absolute Gasteiger partial charge is 0.355 e. The first kappa shape index (κ1) is 14.0. The van der Waals surface area contributed by atoms with E-state index in [1.165, 1.54) is 0 Å². The van der Waals surface area contributed by atoms with E-state index in [9.17, 15) is 0 Å². The first-order valence-corrected chi connectivity index (χ1v) is 10.1. The fourth-order valence-electron chi connectivity index (χ4n) is 3.66. The summed E-state index contributed by atoms with van der Waals surface area (Å²) in [5.41, 5.74) is 6.86. The topological polar surface area (TPSA) is 12.0 Å². The lowest BCUT2D eigenvalue weighted by molar-refractivity contribution is 1.51. The molecule has 5 aromatic carbocycles. The van der Waals surface area contributed by atoms with Crippen molar-refractivity contribution in [3.8, 4) is 33.4 Å². The van der Waals surface area contributed by atoms with Crippen molar-refractivity contribution >= 4 is 11.4 Å². The van der Waals surface area contributed by atoms with E-state index in [-0.39, 0.29) is 29.7 Å². The Morgan fingerprint density at radius 2 is 1.00 bits per heavy atom. The van der Waals surface area contributed by atoms with E-state index in [0.29, 0.717) is 5.56 Å². The second kappa shape index (κ2) is 8.73. The highest BCUT2D eigenvalue weighted by Gasteiger charge is 2.12. The minimum absolute atomic E-state index is 0.196. The van der Waals surface area contributed by atoms with Gasteiger partial charge < -0.3 is 5.32 Å². The zero-order valence-electron chi connectivity index (χ0n) is 21.8. The lowest BCUT2D eigenvalue weighted by Gasteiger charge is -2.18. The molecule has 0 unspecified atom stereocenters. The average Bonchev–Trinajstić information content (AvgIpc) is 2.93. The SMILES string of the molecule is [2H]c1c([2H])c([2H])c(-c2ccc(Nc3c(-c4ccccc4)cccc3-c3ccccc3)cc2)c([2H])c1[2H]. The van der Waals surface area contributed by atoms with Crippen LogP contribution in [-0.2, 0) is 0 Å². The zero-order valence-corrected chi connectivity index (χ0v) is 16.8. The minimum atomic E-state index is -0.391. The molecule has 0 saturated heterocycles. The Morgan fingerprint density at radius 3 is 1.55 bits per heavy atom. The number of hydrogen-bond donors (Lipinski definition) is 1. The highest BCUT2D eigenvalue weighted by Crippen LogP contribution is 2.39. The Morgan fingerprint density at radius 1 is 0.452 bits per heavy atom. The van der Waals surface area contributed by atoms with E-state index in [0.717, 1.165) is 33.6 Å². The first-order valence-electron chi connectivity index (χ1n) is 12.6. The number of rotatable bonds is 5. The van der Waals surface area contributed by atoms with Gasteiger partial charge in [0.05, 0.1) is 12.5 Å². The Kier molecular flexibility index (Phi) is 3.94. The van der Waals surface area contributed by atoms with Gasteiger partial charge in [-0.15, -0.1) is 0 Å². The Bertz CT molecular complexity index is 1450. The van der Waals surface area contributed by atoms with Gasteiger partial charge in [0.1, 0.15) is 0 Å². The van der Waals surface area contributed by atoms with E-state index in [1.54, 1.807) is 12.1 Å². The summed E-state index contributed by atoms with van der Waals surface area (Å²) in [5.74, 6) is 0. The summed E-state index contributed by atoms with van der Waals surface area (Å²) >= 11 is 0. The van der Waals surface area contributed by atoms with Crippen LogP contribution in [0, 0.1) is 0 Å². The lowest BCUT2D eigenvalue weighted by atomic mass is 9.95. The normalized spacial score (nSPS) is 12.8. The molecule has 0 aliphatic carbocycles. The van der Waals surface area contributed by atoms with Gasteiger partial charge in [-0.25, -0.2) is 0 Å². The van der Waals surface area contributed by atoms with Gasteiger partial charge in [-0.1, -0.05) is 121 Å². The van der Waals surface area contributed by atoms with E-state index in [2.05, 4.69) is 47.8 Å². The van der Waals surface area contributed by atoms with Crippen LogP contribution in [0.15, 0.2) is 133 Å². The summed E-state index contributed by atoms with van der Waals surface area (Å²) in [5, 5.41) is 3.58. The molecule has 0 saturated carbocycles. The molecule has 0 heterocycles. The molecule has 1 nitrogen and oxygen atoms in total. The summed E-state index contributed by atoms with van der Waals surface area (Å²) < 4.78 is 40.3. The molecule has 5 aromatic rings. The van der Waals surface area contributed by atoms with Gasteiger partial charge in [0.25, 0.3) is 0 Å².